The van der Waals surface area contributed by atoms with Crippen LogP contribution in [-0.4, -0.2) is 34.2 Å². The third-order valence-electron chi connectivity index (χ3n) is 3.36. The molecule has 0 bridgehead atoms. The summed E-state index contributed by atoms with van der Waals surface area (Å²) in [5, 5.41) is 14.6. The van der Waals surface area contributed by atoms with Gasteiger partial charge in [-0.1, -0.05) is 6.07 Å². The molecule has 3 rings (SSSR count). The summed E-state index contributed by atoms with van der Waals surface area (Å²) in [6.45, 7) is 2.21. The zero-order chi connectivity index (χ0) is 12.4. The lowest BCUT2D eigenvalue weighted by Crippen LogP contribution is -2.31. The number of thiophene rings is 1. The van der Waals surface area contributed by atoms with Gasteiger partial charge in [-0.2, -0.15) is 0 Å². The average Bonchev–Trinajstić information content (AvgIpc) is 3.10. The number of hydrogen-bond acceptors (Lipinski definition) is 5. The highest BCUT2D eigenvalue weighted by Crippen LogP contribution is 2.29. The van der Waals surface area contributed by atoms with Crippen molar-refractivity contribution in [1.29, 1.82) is 0 Å². The average molecular weight is 280 g/mol. The fraction of sp³-hybridized carbons (Fsp3) is 0.462. The number of thiazole rings is 1. The van der Waals surface area contributed by atoms with E-state index in [9.17, 15) is 5.11 Å². The molecule has 1 aliphatic rings. The van der Waals surface area contributed by atoms with E-state index in [0.29, 0.717) is 6.04 Å². The van der Waals surface area contributed by atoms with Gasteiger partial charge in [-0.15, -0.1) is 22.7 Å². The minimum atomic E-state index is 0.266. The van der Waals surface area contributed by atoms with Gasteiger partial charge in [-0.05, 0) is 30.8 Å². The van der Waals surface area contributed by atoms with Crippen molar-refractivity contribution in [1.82, 2.24) is 9.88 Å². The van der Waals surface area contributed by atoms with Crippen LogP contribution in [0.3, 0.4) is 0 Å². The first-order chi connectivity index (χ1) is 8.86. The van der Waals surface area contributed by atoms with E-state index in [1.807, 2.05) is 0 Å². The van der Waals surface area contributed by atoms with Crippen LogP contribution in [0, 0.1) is 0 Å². The van der Waals surface area contributed by atoms with Crippen LogP contribution in [0.4, 0.5) is 0 Å². The molecule has 1 fully saturated rings. The fourth-order valence-electron chi connectivity index (χ4n) is 2.41. The van der Waals surface area contributed by atoms with E-state index < -0.39 is 0 Å². The van der Waals surface area contributed by atoms with Crippen LogP contribution in [-0.2, 0) is 6.54 Å². The van der Waals surface area contributed by atoms with Gasteiger partial charge in [0.2, 0.25) is 0 Å². The number of aliphatic hydroxyl groups excluding tert-OH is 1. The second kappa shape index (κ2) is 5.48. The lowest BCUT2D eigenvalue weighted by Gasteiger charge is -2.21. The standard InChI is InChI=1S/C13H16N2OS2/c16-8-11-3-1-5-15(11)7-10-9-18-13(14-10)12-4-2-6-17-12/h2,4,6,9,11,16H,1,3,5,7-8H2/t11-/m1/s1. The molecule has 18 heavy (non-hydrogen) atoms. The maximum atomic E-state index is 9.31. The minimum Gasteiger partial charge on any atom is -0.395 e. The lowest BCUT2D eigenvalue weighted by atomic mass is 10.2. The highest BCUT2D eigenvalue weighted by molar-refractivity contribution is 7.20. The van der Waals surface area contributed by atoms with Crippen LogP contribution >= 0.6 is 22.7 Å². The molecule has 0 aliphatic carbocycles. The van der Waals surface area contributed by atoms with Crippen LogP contribution in [0.15, 0.2) is 22.9 Å². The van der Waals surface area contributed by atoms with Gasteiger partial charge in [0, 0.05) is 18.0 Å². The molecule has 0 amide bonds. The third-order valence-corrected chi connectivity index (χ3v) is 5.29. The normalized spacial score (nSPS) is 20.6. The zero-order valence-electron chi connectivity index (χ0n) is 10.1. The Morgan fingerprint density at radius 2 is 2.39 bits per heavy atom. The highest BCUT2D eigenvalue weighted by atomic mass is 32.1. The van der Waals surface area contributed by atoms with Crippen molar-refractivity contribution in [3.05, 3.63) is 28.6 Å². The Morgan fingerprint density at radius 1 is 1.44 bits per heavy atom. The van der Waals surface area contributed by atoms with E-state index in [1.54, 1.807) is 22.7 Å². The minimum absolute atomic E-state index is 0.266. The maximum absolute atomic E-state index is 9.31. The summed E-state index contributed by atoms with van der Waals surface area (Å²) < 4.78 is 0. The van der Waals surface area contributed by atoms with E-state index >= 15 is 0 Å². The largest absolute Gasteiger partial charge is 0.395 e. The van der Waals surface area contributed by atoms with Crippen molar-refractivity contribution in [3.8, 4) is 9.88 Å². The second-order valence-electron chi connectivity index (χ2n) is 4.57. The van der Waals surface area contributed by atoms with Crippen molar-refractivity contribution in [3.63, 3.8) is 0 Å². The molecule has 3 heterocycles. The van der Waals surface area contributed by atoms with E-state index in [4.69, 9.17) is 4.98 Å². The Morgan fingerprint density at radius 3 is 3.17 bits per heavy atom. The molecule has 2 aromatic rings. The molecule has 96 valence electrons. The quantitative estimate of drug-likeness (QED) is 0.935. The second-order valence-corrected chi connectivity index (χ2v) is 6.38. The van der Waals surface area contributed by atoms with E-state index in [2.05, 4.69) is 27.8 Å². The van der Waals surface area contributed by atoms with Gasteiger partial charge in [-0.25, -0.2) is 4.98 Å². The van der Waals surface area contributed by atoms with E-state index in [-0.39, 0.29) is 6.61 Å². The predicted molar refractivity (Wildman–Crippen MR) is 75.9 cm³/mol. The number of aliphatic hydroxyl groups is 1. The van der Waals surface area contributed by atoms with E-state index in [1.165, 1.54) is 11.3 Å². The Bertz CT molecular complexity index is 495. The molecule has 0 spiro atoms. The molecule has 0 unspecified atom stereocenters. The van der Waals surface area contributed by atoms with Crippen LogP contribution in [0.2, 0.25) is 0 Å². The molecule has 2 aromatic heterocycles. The molecule has 1 saturated heterocycles. The molecular formula is C13H16N2OS2. The van der Waals surface area contributed by atoms with Crippen molar-refractivity contribution < 1.29 is 5.11 Å². The Hall–Kier alpha value is -0.750. The molecular weight excluding hydrogens is 264 g/mol. The van der Waals surface area contributed by atoms with Crippen LogP contribution in [0.5, 0.6) is 0 Å². The Kier molecular flexibility index (Phi) is 3.75. The maximum Gasteiger partial charge on any atom is 0.133 e. The van der Waals surface area contributed by atoms with Crippen LogP contribution < -0.4 is 0 Å². The molecule has 0 radical (unpaired) electrons. The summed E-state index contributed by atoms with van der Waals surface area (Å²) in [6.07, 6.45) is 2.30. The lowest BCUT2D eigenvalue weighted by molar-refractivity contribution is 0.152. The smallest absolute Gasteiger partial charge is 0.133 e. The highest BCUT2D eigenvalue weighted by Gasteiger charge is 2.24. The van der Waals surface area contributed by atoms with Gasteiger partial charge >= 0.3 is 0 Å². The first-order valence-corrected chi connectivity index (χ1v) is 7.96. The molecule has 1 aliphatic heterocycles. The Labute approximate surface area is 115 Å². The fourth-order valence-corrected chi connectivity index (χ4v) is 4.04. The number of hydrogen-bond donors (Lipinski definition) is 1. The molecule has 3 nitrogen and oxygen atoms in total. The van der Waals surface area contributed by atoms with Crippen LogP contribution in [0.25, 0.3) is 9.88 Å². The monoisotopic (exact) mass is 280 g/mol. The first-order valence-electron chi connectivity index (χ1n) is 6.20. The predicted octanol–water partition coefficient (Wildman–Crippen LogP) is 2.83. The summed E-state index contributed by atoms with van der Waals surface area (Å²) in [4.78, 5) is 8.27. The SMILES string of the molecule is OC[C@H]1CCCN1Cc1csc(-c2cccs2)n1. The van der Waals surface area contributed by atoms with Crippen molar-refractivity contribution in [2.75, 3.05) is 13.2 Å². The van der Waals surface area contributed by atoms with Gasteiger partial charge in [0.1, 0.15) is 5.01 Å². The molecule has 0 saturated carbocycles. The van der Waals surface area contributed by atoms with Gasteiger partial charge in [0.25, 0.3) is 0 Å². The van der Waals surface area contributed by atoms with Crippen molar-refractivity contribution >= 4 is 22.7 Å². The van der Waals surface area contributed by atoms with Crippen molar-refractivity contribution in [2.24, 2.45) is 0 Å². The summed E-state index contributed by atoms with van der Waals surface area (Å²) in [5.74, 6) is 0. The molecule has 1 atom stereocenters. The topological polar surface area (TPSA) is 36.4 Å². The summed E-state index contributed by atoms with van der Waals surface area (Å²) >= 11 is 3.44. The number of rotatable bonds is 4. The van der Waals surface area contributed by atoms with Gasteiger partial charge in [0.15, 0.2) is 0 Å². The van der Waals surface area contributed by atoms with Crippen LogP contribution in [0.1, 0.15) is 18.5 Å². The first kappa shape index (κ1) is 12.3. The molecule has 5 heteroatoms. The summed E-state index contributed by atoms with van der Waals surface area (Å²) in [6, 6.07) is 4.50. The van der Waals surface area contributed by atoms with Gasteiger partial charge in [0.05, 0.1) is 17.2 Å². The zero-order valence-corrected chi connectivity index (χ0v) is 11.7. The summed E-state index contributed by atoms with van der Waals surface area (Å²) in [7, 11) is 0. The van der Waals surface area contributed by atoms with E-state index in [0.717, 1.165) is 30.2 Å². The Balaban J connectivity index is 1.70. The molecule has 0 aromatic carbocycles. The number of aromatic nitrogens is 1. The van der Waals surface area contributed by atoms with Crippen molar-refractivity contribution in [2.45, 2.75) is 25.4 Å². The number of likely N-dealkylation sites (tertiary alicyclic amines) is 1. The van der Waals surface area contributed by atoms with Gasteiger partial charge in [-0.3, -0.25) is 4.90 Å². The molecule has 1 N–H and O–H groups in total. The number of nitrogens with zero attached hydrogens (tertiary/aromatic N) is 2. The summed E-state index contributed by atoms with van der Waals surface area (Å²) in [5.41, 5.74) is 1.13. The van der Waals surface area contributed by atoms with Gasteiger partial charge < -0.3 is 5.11 Å². The third kappa shape index (κ3) is 2.49.